The summed E-state index contributed by atoms with van der Waals surface area (Å²) < 4.78 is 0. The minimum atomic E-state index is -1.62. The van der Waals surface area contributed by atoms with E-state index in [2.05, 4.69) is 41.5 Å². The summed E-state index contributed by atoms with van der Waals surface area (Å²) in [7, 11) is 0. The summed E-state index contributed by atoms with van der Waals surface area (Å²) in [5.74, 6) is -5.73. The van der Waals surface area contributed by atoms with E-state index >= 15 is 0 Å². The Balaban J connectivity index is 1.65. The number of benzene rings is 1. The van der Waals surface area contributed by atoms with E-state index in [0.29, 0.717) is 11.4 Å². The van der Waals surface area contributed by atoms with Crippen LogP contribution in [0, 0.1) is 0 Å². The number of carboxylic acid groups (broad SMARTS) is 1. The molecule has 20 heteroatoms. The molecule has 6 amide bonds. The first kappa shape index (κ1) is 41.0. The molecule has 0 radical (unpaired) electrons. The van der Waals surface area contributed by atoms with E-state index in [1.54, 1.807) is 12.5 Å². The quantitative estimate of drug-likeness (QED) is 0.0496. The number of nitrogens with zero attached hydrogens (tertiary/aromatic N) is 1. The topological polar surface area (TPSA) is 317 Å². The lowest BCUT2D eigenvalue weighted by Crippen LogP contribution is -2.57. The molecule has 1 aromatic carbocycles. The van der Waals surface area contributed by atoms with Gasteiger partial charge in [0.25, 0.3) is 0 Å². The normalized spacial score (nSPS) is 13.9. The van der Waals surface area contributed by atoms with Gasteiger partial charge in [0.1, 0.15) is 24.2 Å². The van der Waals surface area contributed by atoms with Crippen molar-refractivity contribution >= 4 is 64.1 Å². The van der Waals surface area contributed by atoms with Crippen molar-refractivity contribution < 1.29 is 43.8 Å². The predicted molar refractivity (Wildman–Crippen MR) is 189 cm³/mol. The number of rotatable bonds is 22. The van der Waals surface area contributed by atoms with Gasteiger partial charge in [0.15, 0.2) is 0 Å². The van der Waals surface area contributed by atoms with E-state index in [1.807, 2.05) is 24.3 Å². The summed E-state index contributed by atoms with van der Waals surface area (Å²) in [5.41, 5.74) is 13.6. The Labute approximate surface area is 302 Å². The third-order valence-electron chi connectivity index (χ3n) is 7.86. The van der Waals surface area contributed by atoms with Gasteiger partial charge < -0.3 is 58.2 Å². The Kier molecular flexibility index (Phi) is 16.1. The minimum absolute atomic E-state index is 0.125. The molecule has 0 fully saturated rings. The number of primary amides is 1. The number of fused-ring (bicyclic) bond motifs is 1. The standard InChI is InChI=1S/C32H44N10O9S/c1-52-9-8-23(29(47)37-14-27(45)39-24(11-18-13-35-16-38-18)31(49)42-25(15-43)32(50)51)41-30(48)22(6-7-26(34)44)40-28(46)20(33)10-17-12-36-21-5-3-2-4-19(17)21/h2-5,12-13,16,20,22-25,36,43H,6-11,14-15,33H2,1H3,(H2,34,44)(H,35,38)(H,37,47)(H,39,45)(H,40,46)(H,41,48)(H,42,49)(H,50,51)/t20-,22-,23+,24+,25-/m0/s1. The summed E-state index contributed by atoms with van der Waals surface area (Å²) in [4.78, 5) is 98.1. The second-order valence-electron chi connectivity index (χ2n) is 11.8. The number of hydrogen-bond acceptors (Lipinski definition) is 11. The zero-order valence-electron chi connectivity index (χ0n) is 28.3. The van der Waals surface area contributed by atoms with Crippen LogP contribution in [0.2, 0.25) is 0 Å². The van der Waals surface area contributed by atoms with Crippen LogP contribution in [0.25, 0.3) is 10.9 Å². The average Bonchev–Trinajstić information content (AvgIpc) is 3.79. The lowest BCUT2D eigenvalue weighted by molar-refractivity contribution is -0.143. The summed E-state index contributed by atoms with van der Waals surface area (Å²) in [5, 5.41) is 31.5. The summed E-state index contributed by atoms with van der Waals surface area (Å²) in [6.07, 6.45) is 5.97. The number of amides is 6. The van der Waals surface area contributed by atoms with Crippen LogP contribution >= 0.6 is 11.8 Å². The van der Waals surface area contributed by atoms with Crippen molar-refractivity contribution in [3.8, 4) is 0 Å². The fourth-order valence-electron chi connectivity index (χ4n) is 5.06. The largest absolute Gasteiger partial charge is 0.480 e. The smallest absolute Gasteiger partial charge is 0.328 e. The van der Waals surface area contributed by atoms with Crippen LogP contribution in [0.4, 0.5) is 0 Å². The number of carbonyl (C=O) groups is 7. The zero-order chi connectivity index (χ0) is 38.2. The van der Waals surface area contributed by atoms with Crippen LogP contribution in [-0.4, -0.2) is 122 Å². The fraction of sp³-hybridized carbons (Fsp3) is 0.438. The van der Waals surface area contributed by atoms with Gasteiger partial charge in [0.05, 0.1) is 25.5 Å². The number of thioether (sulfide) groups is 1. The summed E-state index contributed by atoms with van der Waals surface area (Å²) in [6, 6.07) is 1.01. The molecule has 2 heterocycles. The van der Waals surface area contributed by atoms with Gasteiger partial charge in [-0.05, 0) is 42.9 Å². The molecule has 13 N–H and O–H groups in total. The first-order valence-corrected chi connectivity index (χ1v) is 17.6. The van der Waals surface area contributed by atoms with Gasteiger partial charge in [-0.3, -0.25) is 28.8 Å². The molecule has 5 atom stereocenters. The molecular weight excluding hydrogens is 700 g/mol. The molecule has 0 saturated carbocycles. The molecule has 2 aromatic heterocycles. The Morgan fingerprint density at radius 1 is 0.865 bits per heavy atom. The number of aliphatic hydroxyl groups excluding tert-OH is 1. The highest BCUT2D eigenvalue weighted by Crippen LogP contribution is 2.19. The lowest BCUT2D eigenvalue weighted by Gasteiger charge is -2.24. The van der Waals surface area contributed by atoms with Crippen LogP contribution in [0.15, 0.2) is 43.0 Å². The maximum Gasteiger partial charge on any atom is 0.328 e. The molecule has 3 aromatic rings. The van der Waals surface area contributed by atoms with Gasteiger partial charge in [-0.25, -0.2) is 9.78 Å². The van der Waals surface area contributed by atoms with E-state index < -0.39 is 84.8 Å². The maximum atomic E-state index is 13.5. The number of imidazole rings is 1. The van der Waals surface area contributed by atoms with E-state index in [0.717, 1.165) is 16.5 Å². The molecule has 19 nitrogen and oxygen atoms in total. The monoisotopic (exact) mass is 744 g/mol. The van der Waals surface area contributed by atoms with Crippen molar-refractivity contribution in [2.75, 3.05) is 25.2 Å². The van der Waals surface area contributed by atoms with Gasteiger partial charge in [-0.15, -0.1) is 0 Å². The number of aliphatic carboxylic acids is 1. The zero-order valence-corrected chi connectivity index (χ0v) is 29.2. The number of H-pyrrole nitrogens is 2. The van der Waals surface area contributed by atoms with Crippen LogP contribution in [-0.2, 0) is 46.4 Å². The van der Waals surface area contributed by atoms with Crippen molar-refractivity contribution in [1.82, 2.24) is 41.5 Å². The number of hydrogen-bond donors (Lipinski definition) is 11. The Morgan fingerprint density at radius 3 is 2.19 bits per heavy atom. The third kappa shape index (κ3) is 12.7. The van der Waals surface area contributed by atoms with Crippen LogP contribution in [0.5, 0.6) is 0 Å². The van der Waals surface area contributed by atoms with E-state index in [4.69, 9.17) is 11.5 Å². The van der Waals surface area contributed by atoms with E-state index in [-0.39, 0.29) is 32.1 Å². The summed E-state index contributed by atoms with van der Waals surface area (Å²) in [6.45, 7) is -1.53. The molecular formula is C32H44N10O9S. The first-order chi connectivity index (χ1) is 24.8. The average molecular weight is 745 g/mol. The molecule has 0 saturated heterocycles. The molecule has 0 aliphatic heterocycles. The van der Waals surface area contributed by atoms with Crippen molar-refractivity contribution in [1.29, 1.82) is 0 Å². The third-order valence-corrected chi connectivity index (χ3v) is 8.50. The Morgan fingerprint density at radius 2 is 1.54 bits per heavy atom. The van der Waals surface area contributed by atoms with Crippen molar-refractivity contribution in [3.63, 3.8) is 0 Å². The van der Waals surface area contributed by atoms with Crippen molar-refractivity contribution in [2.45, 2.75) is 62.3 Å². The van der Waals surface area contributed by atoms with Crippen LogP contribution in [0.1, 0.15) is 30.5 Å². The number of carbonyl (C=O) groups excluding carboxylic acids is 6. The van der Waals surface area contributed by atoms with Crippen molar-refractivity contribution in [3.05, 3.63) is 54.2 Å². The predicted octanol–water partition coefficient (Wildman–Crippen LogP) is -2.85. The molecule has 0 spiro atoms. The van der Waals surface area contributed by atoms with Gasteiger partial charge in [0, 0.05) is 41.8 Å². The highest BCUT2D eigenvalue weighted by atomic mass is 32.2. The molecule has 0 aliphatic carbocycles. The van der Waals surface area contributed by atoms with Crippen molar-refractivity contribution in [2.24, 2.45) is 11.5 Å². The Hall–Kier alpha value is -5.47. The lowest BCUT2D eigenvalue weighted by atomic mass is 10.0. The van der Waals surface area contributed by atoms with E-state index in [1.165, 1.54) is 24.3 Å². The molecule has 3 rings (SSSR count). The van der Waals surface area contributed by atoms with Crippen LogP contribution in [0.3, 0.4) is 0 Å². The highest BCUT2D eigenvalue weighted by Gasteiger charge is 2.30. The van der Waals surface area contributed by atoms with E-state index in [9.17, 15) is 43.8 Å². The number of nitrogens with two attached hydrogens (primary N) is 2. The number of carboxylic acids is 1. The minimum Gasteiger partial charge on any atom is -0.480 e. The van der Waals surface area contributed by atoms with Gasteiger partial charge in [0.2, 0.25) is 35.4 Å². The molecule has 52 heavy (non-hydrogen) atoms. The molecule has 0 unspecified atom stereocenters. The highest BCUT2D eigenvalue weighted by molar-refractivity contribution is 7.98. The number of aromatic amines is 2. The van der Waals surface area contributed by atoms with Gasteiger partial charge in [-0.1, -0.05) is 18.2 Å². The van der Waals surface area contributed by atoms with Crippen LogP contribution < -0.4 is 38.1 Å². The molecule has 0 aliphatic rings. The molecule has 0 bridgehead atoms. The Bertz CT molecular complexity index is 1700. The second-order valence-corrected chi connectivity index (χ2v) is 12.8. The number of nitrogens with one attached hydrogen (secondary N) is 7. The maximum absolute atomic E-state index is 13.5. The van der Waals surface area contributed by atoms with Gasteiger partial charge in [-0.2, -0.15) is 11.8 Å². The fourth-order valence-corrected chi connectivity index (χ4v) is 5.53. The summed E-state index contributed by atoms with van der Waals surface area (Å²) >= 11 is 1.39. The number of para-hydroxylation sites is 1. The number of aromatic nitrogens is 3. The first-order valence-electron chi connectivity index (χ1n) is 16.2. The SMILES string of the molecule is CSCC[C@@H](NC(=O)[C@H](CCC(N)=O)NC(=O)[C@@H](N)Cc1c[nH]c2ccccc12)C(=O)NCC(=O)N[C@H](Cc1cnc[nH]1)C(=O)N[C@@H](CO)C(=O)O. The number of aliphatic hydroxyl groups is 1. The second kappa shape index (κ2) is 20.4. The van der Waals surface area contributed by atoms with Gasteiger partial charge >= 0.3 is 5.97 Å². The molecule has 282 valence electrons.